The average Bonchev–Trinajstić information content (AvgIpc) is 2.73. The van der Waals surface area contributed by atoms with Crippen LogP contribution >= 0.6 is 0 Å². The van der Waals surface area contributed by atoms with E-state index in [-0.39, 0.29) is 5.91 Å². The highest BCUT2D eigenvalue weighted by atomic mass is 16.5. The number of para-hydroxylation sites is 2. The molecule has 7 heteroatoms. The molecule has 3 amide bonds. The largest absolute Gasteiger partial charge is 0.495 e. The summed E-state index contributed by atoms with van der Waals surface area (Å²) in [5.74, 6) is 0.710. The molecule has 1 aliphatic rings. The first-order chi connectivity index (χ1) is 13.6. The number of methoxy groups -OCH3 is 1. The van der Waals surface area contributed by atoms with Crippen LogP contribution in [-0.2, 0) is 11.2 Å². The fourth-order valence-corrected chi connectivity index (χ4v) is 3.50. The molecule has 0 spiro atoms. The molecule has 148 valence electrons. The number of anilines is 1. The van der Waals surface area contributed by atoms with Crippen molar-refractivity contribution in [3.8, 4) is 5.75 Å². The Balaban J connectivity index is 1.65. The number of hydrogen-bond acceptors (Lipinski definition) is 4. The number of benzene rings is 2. The lowest BCUT2D eigenvalue weighted by molar-refractivity contribution is -0.133. The predicted molar refractivity (Wildman–Crippen MR) is 108 cm³/mol. The fourth-order valence-electron chi connectivity index (χ4n) is 3.50. The van der Waals surface area contributed by atoms with E-state index in [2.05, 4.69) is 10.2 Å². The van der Waals surface area contributed by atoms with Gasteiger partial charge in [-0.15, -0.1) is 0 Å². The minimum absolute atomic E-state index is 0.109. The summed E-state index contributed by atoms with van der Waals surface area (Å²) in [7, 11) is 1.66. The number of piperazine rings is 1. The molecule has 1 saturated heterocycles. The van der Waals surface area contributed by atoms with E-state index in [0.717, 1.165) is 17.0 Å². The van der Waals surface area contributed by atoms with E-state index in [4.69, 9.17) is 10.5 Å². The molecule has 1 fully saturated rings. The zero-order valence-electron chi connectivity index (χ0n) is 16.0. The van der Waals surface area contributed by atoms with Crippen molar-refractivity contribution in [2.75, 3.05) is 38.2 Å². The van der Waals surface area contributed by atoms with Gasteiger partial charge in [0.15, 0.2) is 0 Å². The standard InChI is InChI=1S/C21H26N4O3/c1-28-19-10-6-5-9-18(19)24-11-13-25(14-12-24)20(26)17(23-21(22)27)15-16-7-3-2-4-8-16/h2-10,17H,11-15H2,1H3,(H3,22,23,27). The lowest BCUT2D eigenvalue weighted by Gasteiger charge is -2.38. The number of amides is 3. The van der Waals surface area contributed by atoms with Crippen molar-refractivity contribution >= 4 is 17.6 Å². The molecular formula is C21H26N4O3. The van der Waals surface area contributed by atoms with Crippen LogP contribution in [-0.4, -0.2) is 56.2 Å². The number of nitrogens with one attached hydrogen (secondary N) is 1. The molecule has 3 N–H and O–H groups in total. The van der Waals surface area contributed by atoms with Gasteiger partial charge in [-0.3, -0.25) is 4.79 Å². The smallest absolute Gasteiger partial charge is 0.312 e. The monoisotopic (exact) mass is 382 g/mol. The highest BCUT2D eigenvalue weighted by Gasteiger charge is 2.29. The molecule has 1 aliphatic heterocycles. The first-order valence-corrected chi connectivity index (χ1v) is 9.35. The summed E-state index contributed by atoms with van der Waals surface area (Å²) >= 11 is 0. The minimum atomic E-state index is -0.693. The van der Waals surface area contributed by atoms with Crippen molar-refractivity contribution < 1.29 is 14.3 Å². The van der Waals surface area contributed by atoms with Crippen LogP contribution in [0.15, 0.2) is 54.6 Å². The summed E-state index contributed by atoms with van der Waals surface area (Å²) in [6.07, 6.45) is 0.412. The van der Waals surface area contributed by atoms with Crippen LogP contribution in [0.1, 0.15) is 5.56 Å². The number of urea groups is 1. The third kappa shape index (κ3) is 4.73. The van der Waals surface area contributed by atoms with Gasteiger partial charge in [-0.25, -0.2) is 4.79 Å². The predicted octanol–water partition coefficient (Wildman–Crippen LogP) is 1.62. The maximum atomic E-state index is 13.0. The number of carbonyl (C=O) groups is 2. The molecule has 28 heavy (non-hydrogen) atoms. The highest BCUT2D eigenvalue weighted by molar-refractivity contribution is 5.87. The van der Waals surface area contributed by atoms with Crippen LogP contribution in [0.4, 0.5) is 10.5 Å². The quantitative estimate of drug-likeness (QED) is 0.795. The van der Waals surface area contributed by atoms with Gasteiger partial charge >= 0.3 is 6.03 Å². The molecule has 3 rings (SSSR count). The van der Waals surface area contributed by atoms with Crippen LogP contribution in [0.5, 0.6) is 5.75 Å². The molecule has 1 heterocycles. The lowest BCUT2D eigenvalue weighted by Crippen LogP contribution is -2.56. The maximum Gasteiger partial charge on any atom is 0.312 e. The van der Waals surface area contributed by atoms with Crippen LogP contribution in [0, 0.1) is 0 Å². The summed E-state index contributed by atoms with van der Waals surface area (Å²) in [5.41, 5.74) is 7.30. The van der Waals surface area contributed by atoms with Gasteiger partial charge in [-0.1, -0.05) is 42.5 Å². The number of nitrogens with zero attached hydrogens (tertiary/aromatic N) is 2. The summed E-state index contributed by atoms with van der Waals surface area (Å²) < 4.78 is 5.44. The summed E-state index contributed by atoms with van der Waals surface area (Å²) in [4.78, 5) is 28.4. The van der Waals surface area contributed by atoms with Crippen molar-refractivity contribution in [3.63, 3.8) is 0 Å². The second-order valence-corrected chi connectivity index (χ2v) is 6.74. The summed E-state index contributed by atoms with van der Waals surface area (Å²) in [6, 6.07) is 16.1. The topological polar surface area (TPSA) is 87.9 Å². The second-order valence-electron chi connectivity index (χ2n) is 6.74. The van der Waals surface area contributed by atoms with Gasteiger partial charge in [0.25, 0.3) is 0 Å². The third-order valence-electron chi connectivity index (χ3n) is 4.91. The summed E-state index contributed by atoms with van der Waals surface area (Å²) in [6.45, 7) is 2.53. The molecule has 2 aromatic carbocycles. The van der Waals surface area contributed by atoms with Gasteiger partial charge < -0.3 is 25.6 Å². The van der Waals surface area contributed by atoms with Crippen molar-refractivity contribution in [2.45, 2.75) is 12.5 Å². The third-order valence-corrected chi connectivity index (χ3v) is 4.91. The Morgan fingerprint density at radius 2 is 1.68 bits per heavy atom. The van der Waals surface area contributed by atoms with Gasteiger partial charge in [0, 0.05) is 32.6 Å². The minimum Gasteiger partial charge on any atom is -0.495 e. The van der Waals surface area contributed by atoms with Crippen LogP contribution in [0.25, 0.3) is 0 Å². The average molecular weight is 382 g/mol. The summed E-state index contributed by atoms with van der Waals surface area (Å²) in [5, 5.41) is 2.60. The van der Waals surface area contributed by atoms with Gasteiger partial charge in [-0.05, 0) is 17.7 Å². The first kappa shape index (κ1) is 19.5. The van der Waals surface area contributed by atoms with E-state index >= 15 is 0 Å². The Labute approximate surface area is 165 Å². The number of rotatable bonds is 6. The van der Waals surface area contributed by atoms with E-state index in [0.29, 0.717) is 32.6 Å². The van der Waals surface area contributed by atoms with Crippen molar-refractivity contribution in [3.05, 3.63) is 60.2 Å². The second kappa shape index (κ2) is 9.12. The molecule has 7 nitrogen and oxygen atoms in total. The van der Waals surface area contributed by atoms with Crippen LogP contribution < -0.4 is 20.7 Å². The number of nitrogens with two attached hydrogens (primary N) is 1. The normalized spacial score (nSPS) is 15.0. The molecule has 1 unspecified atom stereocenters. The van der Waals surface area contributed by atoms with Crippen LogP contribution in [0.3, 0.4) is 0 Å². The number of ether oxygens (including phenoxy) is 1. The Morgan fingerprint density at radius 3 is 2.32 bits per heavy atom. The van der Waals surface area contributed by atoms with Crippen LogP contribution in [0.2, 0.25) is 0 Å². The zero-order chi connectivity index (χ0) is 19.9. The van der Waals surface area contributed by atoms with E-state index in [1.54, 1.807) is 12.0 Å². The van der Waals surface area contributed by atoms with E-state index in [1.807, 2.05) is 54.6 Å². The molecule has 0 bridgehead atoms. The van der Waals surface area contributed by atoms with Gasteiger partial charge in [0.1, 0.15) is 11.8 Å². The Hall–Kier alpha value is -3.22. The van der Waals surface area contributed by atoms with Crippen molar-refractivity contribution in [2.24, 2.45) is 5.73 Å². The SMILES string of the molecule is COc1ccccc1N1CCN(C(=O)C(Cc2ccccc2)NC(N)=O)CC1. The highest BCUT2D eigenvalue weighted by Crippen LogP contribution is 2.28. The number of hydrogen-bond donors (Lipinski definition) is 2. The van der Waals surface area contributed by atoms with Gasteiger partial charge in [0.05, 0.1) is 12.8 Å². The van der Waals surface area contributed by atoms with E-state index in [9.17, 15) is 9.59 Å². The number of carbonyl (C=O) groups excluding carboxylic acids is 2. The molecule has 2 aromatic rings. The molecular weight excluding hydrogens is 356 g/mol. The van der Waals surface area contributed by atoms with Crippen molar-refractivity contribution in [1.82, 2.24) is 10.2 Å². The molecule has 0 aromatic heterocycles. The molecule has 0 radical (unpaired) electrons. The molecule has 1 atom stereocenters. The Bertz CT molecular complexity index is 804. The van der Waals surface area contributed by atoms with Crippen molar-refractivity contribution in [1.29, 1.82) is 0 Å². The fraction of sp³-hybridized carbons (Fsp3) is 0.333. The van der Waals surface area contributed by atoms with Gasteiger partial charge in [-0.2, -0.15) is 0 Å². The van der Waals surface area contributed by atoms with E-state index in [1.165, 1.54) is 0 Å². The molecule has 0 saturated carbocycles. The van der Waals surface area contributed by atoms with E-state index < -0.39 is 12.1 Å². The first-order valence-electron chi connectivity index (χ1n) is 9.35. The lowest BCUT2D eigenvalue weighted by atomic mass is 10.0. The van der Waals surface area contributed by atoms with Gasteiger partial charge in [0.2, 0.25) is 5.91 Å². The zero-order valence-corrected chi connectivity index (χ0v) is 16.0. The maximum absolute atomic E-state index is 13.0. The Kier molecular flexibility index (Phi) is 6.37. The number of primary amides is 1. The molecule has 0 aliphatic carbocycles. The Morgan fingerprint density at radius 1 is 1.04 bits per heavy atom.